The zero-order valence-electron chi connectivity index (χ0n) is 19.8. The summed E-state index contributed by atoms with van der Waals surface area (Å²) in [7, 11) is 0. The highest BCUT2D eigenvalue weighted by molar-refractivity contribution is 5.89. The monoisotopic (exact) mass is 526 g/mol. The molecule has 37 heavy (non-hydrogen) atoms. The molecule has 7 atom stereocenters. The van der Waals surface area contributed by atoms with Crippen LogP contribution < -0.4 is 0 Å². The van der Waals surface area contributed by atoms with E-state index in [1.54, 1.807) is 13.0 Å². The molecule has 2 aliphatic rings. The molecule has 13 nitrogen and oxygen atoms in total. The zero-order chi connectivity index (χ0) is 27.3. The quantitative estimate of drug-likeness (QED) is 0.123. The second kappa shape index (κ2) is 12.4. The first-order valence-corrected chi connectivity index (χ1v) is 11.4. The molecule has 0 radical (unpaired) electrons. The van der Waals surface area contributed by atoms with E-state index in [4.69, 9.17) is 18.9 Å². The van der Waals surface area contributed by atoms with Gasteiger partial charge in [0.15, 0.2) is 24.1 Å². The first-order chi connectivity index (χ1) is 17.6. The molecule has 2 heterocycles. The van der Waals surface area contributed by atoms with Gasteiger partial charge < -0.3 is 54.7 Å². The maximum Gasteiger partial charge on any atom is 0.335 e. The van der Waals surface area contributed by atoms with E-state index in [2.05, 4.69) is 0 Å². The second-order valence-electron chi connectivity index (χ2n) is 8.54. The van der Waals surface area contributed by atoms with E-state index in [0.29, 0.717) is 5.56 Å². The number of hydrogen-bond donors (Lipinski definition) is 7. The maximum absolute atomic E-state index is 12.6. The summed E-state index contributed by atoms with van der Waals surface area (Å²) >= 11 is 0. The number of ether oxygens (including phenoxy) is 4. The first-order valence-electron chi connectivity index (χ1n) is 11.4. The minimum atomic E-state index is -1.81. The Balaban J connectivity index is 1.69. The Kier molecular flexibility index (Phi) is 9.48. The third kappa shape index (κ3) is 6.57. The Morgan fingerprint density at radius 1 is 1.11 bits per heavy atom. The van der Waals surface area contributed by atoms with Crippen molar-refractivity contribution < 1.29 is 64.3 Å². The molecular formula is C24H30O13. The topological polar surface area (TPSA) is 213 Å². The van der Waals surface area contributed by atoms with Crippen molar-refractivity contribution in [3.63, 3.8) is 0 Å². The molecule has 1 unspecified atom stereocenters. The Morgan fingerprint density at radius 3 is 2.46 bits per heavy atom. The molecule has 0 bridgehead atoms. The molecule has 0 saturated carbocycles. The summed E-state index contributed by atoms with van der Waals surface area (Å²) in [5.41, 5.74) is 0.575. The van der Waals surface area contributed by atoms with Crippen LogP contribution in [-0.2, 0) is 35.0 Å². The molecule has 7 N–H and O–H groups in total. The van der Waals surface area contributed by atoms with E-state index in [1.807, 2.05) is 0 Å². The maximum atomic E-state index is 12.6. The SMILES string of the molecule is C/C=C1/[C@H](OC2O[C@@H](O)[C@@H](O)[C@@H](O)[C@H]2CO)OC=C(C(=O)O)[C@H]1CC(=O)OCCc1ccc(O)c(O)c1. The highest BCUT2D eigenvalue weighted by Crippen LogP contribution is 2.36. The number of carboxylic acid groups (broad SMARTS) is 1. The minimum Gasteiger partial charge on any atom is -0.504 e. The van der Waals surface area contributed by atoms with E-state index in [-0.39, 0.29) is 42.1 Å². The van der Waals surface area contributed by atoms with Gasteiger partial charge in [0.25, 0.3) is 0 Å². The molecule has 0 amide bonds. The molecule has 0 spiro atoms. The summed E-state index contributed by atoms with van der Waals surface area (Å²) in [4.78, 5) is 24.4. The number of phenolic OH excluding ortho intramolecular Hbond substituents is 2. The molecule has 1 saturated heterocycles. The molecule has 0 aliphatic carbocycles. The lowest BCUT2D eigenvalue weighted by Crippen LogP contribution is -2.57. The largest absolute Gasteiger partial charge is 0.504 e. The van der Waals surface area contributed by atoms with E-state index in [9.17, 15) is 45.3 Å². The Morgan fingerprint density at radius 2 is 1.84 bits per heavy atom. The number of esters is 1. The van der Waals surface area contributed by atoms with E-state index in [1.165, 1.54) is 18.2 Å². The number of aromatic hydroxyl groups is 2. The third-order valence-electron chi connectivity index (χ3n) is 6.19. The molecule has 204 valence electrons. The van der Waals surface area contributed by atoms with Crippen LogP contribution in [0.4, 0.5) is 0 Å². The summed E-state index contributed by atoms with van der Waals surface area (Å²) in [6.07, 6.45) is -5.58. The van der Waals surface area contributed by atoms with Crippen LogP contribution in [0.25, 0.3) is 0 Å². The lowest BCUT2D eigenvalue weighted by Gasteiger charge is -2.42. The second-order valence-corrected chi connectivity index (χ2v) is 8.54. The van der Waals surface area contributed by atoms with Gasteiger partial charge >= 0.3 is 11.9 Å². The normalized spacial score (nSPS) is 30.9. The van der Waals surface area contributed by atoms with Gasteiger partial charge in [0.1, 0.15) is 6.10 Å². The number of allylic oxidation sites excluding steroid dienone is 1. The standard InChI is InChI=1S/C24H30O13/c1-2-12-13(8-18(28)34-6-5-11-3-4-16(26)17(27)7-11)15(21(31)32)10-35-23(12)37-24-14(9-25)19(29)20(30)22(33)36-24/h2-4,7,10,13-14,19-20,22-27,29-30,33H,5-6,8-9H2,1H3,(H,31,32)/b12-2+/t13-,14+,19-,20-,22+,23-,24?/m0/s1. The number of aliphatic carboxylic acids is 1. The average molecular weight is 526 g/mol. The van der Waals surface area contributed by atoms with Gasteiger partial charge in [-0.15, -0.1) is 0 Å². The number of hydrogen-bond acceptors (Lipinski definition) is 12. The highest BCUT2D eigenvalue weighted by Gasteiger charge is 2.47. The van der Waals surface area contributed by atoms with Crippen molar-refractivity contribution in [1.29, 1.82) is 0 Å². The molecule has 1 aromatic carbocycles. The van der Waals surface area contributed by atoms with Crippen LogP contribution >= 0.6 is 0 Å². The van der Waals surface area contributed by atoms with Crippen LogP contribution in [0.15, 0.2) is 41.7 Å². The van der Waals surface area contributed by atoms with Gasteiger partial charge in [-0.1, -0.05) is 12.1 Å². The van der Waals surface area contributed by atoms with Gasteiger partial charge in [-0.3, -0.25) is 4.79 Å². The van der Waals surface area contributed by atoms with E-state index >= 15 is 0 Å². The van der Waals surface area contributed by atoms with Crippen LogP contribution in [-0.4, -0.2) is 92.0 Å². The van der Waals surface area contributed by atoms with Gasteiger partial charge in [0.05, 0.1) is 43.5 Å². The molecule has 1 fully saturated rings. The van der Waals surface area contributed by atoms with Crippen molar-refractivity contribution in [3.8, 4) is 11.5 Å². The van der Waals surface area contributed by atoms with Gasteiger partial charge in [-0.25, -0.2) is 4.79 Å². The fraction of sp³-hybridized carbons (Fsp3) is 0.500. The van der Waals surface area contributed by atoms with Crippen molar-refractivity contribution in [3.05, 3.63) is 47.2 Å². The van der Waals surface area contributed by atoms with Crippen molar-refractivity contribution in [2.45, 2.75) is 50.8 Å². The molecule has 3 rings (SSSR count). The van der Waals surface area contributed by atoms with Gasteiger partial charge in [-0.05, 0) is 24.6 Å². The van der Waals surface area contributed by atoms with Crippen molar-refractivity contribution in [2.24, 2.45) is 11.8 Å². The van der Waals surface area contributed by atoms with Gasteiger partial charge in [-0.2, -0.15) is 0 Å². The number of rotatable bonds is 9. The van der Waals surface area contributed by atoms with Crippen molar-refractivity contribution in [2.75, 3.05) is 13.2 Å². The lowest BCUT2D eigenvalue weighted by atomic mass is 9.86. The number of phenols is 2. The summed E-state index contributed by atoms with van der Waals surface area (Å²) in [6.45, 7) is 0.822. The average Bonchev–Trinajstić information content (AvgIpc) is 2.85. The Hall–Kier alpha value is -3.20. The Bertz CT molecular complexity index is 1040. The number of carboxylic acids is 1. The van der Waals surface area contributed by atoms with Crippen LogP contribution in [0.5, 0.6) is 11.5 Å². The van der Waals surface area contributed by atoms with Gasteiger partial charge in [0.2, 0.25) is 6.29 Å². The molecule has 13 heteroatoms. The number of aliphatic hydroxyl groups is 4. The van der Waals surface area contributed by atoms with Gasteiger partial charge in [0, 0.05) is 17.9 Å². The predicted octanol–water partition coefficient (Wildman–Crippen LogP) is -0.518. The fourth-order valence-corrected chi connectivity index (χ4v) is 4.10. The number of aliphatic hydroxyl groups excluding tert-OH is 4. The summed E-state index contributed by atoms with van der Waals surface area (Å²) in [5.74, 6) is -4.85. The van der Waals surface area contributed by atoms with Crippen LogP contribution in [0.1, 0.15) is 18.9 Å². The first kappa shape index (κ1) is 28.4. The lowest BCUT2D eigenvalue weighted by molar-refractivity contribution is -0.352. The van der Waals surface area contributed by atoms with E-state index < -0.39 is 61.5 Å². The highest BCUT2D eigenvalue weighted by atomic mass is 16.8. The number of carbonyl (C=O) groups excluding carboxylic acids is 1. The molecule has 2 aliphatic heterocycles. The number of carbonyl (C=O) groups is 2. The van der Waals surface area contributed by atoms with Crippen LogP contribution in [0.2, 0.25) is 0 Å². The predicted molar refractivity (Wildman–Crippen MR) is 121 cm³/mol. The number of benzene rings is 1. The third-order valence-corrected chi connectivity index (χ3v) is 6.19. The molecule has 1 aromatic rings. The summed E-state index contributed by atoms with van der Waals surface area (Å²) in [5, 5.41) is 68.0. The Labute approximate surface area is 211 Å². The molecular weight excluding hydrogens is 496 g/mol. The van der Waals surface area contributed by atoms with Crippen LogP contribution in [0, 0.1) is 11.8 Å². The minimum absolute atomic E-state index is 0.0737. The van der Waals surface area contributed by atoms with Crippen molar-refractivity contribution >= 4 is 11.9 Å². The summed E-state index contributed by atoms with van der Waals surface area (Å²) in [6, 6.07) is 4.17. The fourth-order valence-electron chi connectivity index (χ4n) is 4.10. The van der Waals surface area contributed by atoms with Crippen LogP contribution in [0.3, 0.4) is 0 Å². The smallest absolute Gasteiger partial charge is 0.335 e. The summed E-state index contributed by atoms with van der Waals surface area (Å²) < 4.78 is 21.5. The van der Waals surface area contributed by atoms with Crippen molar-refractivity contribution in [1.82, 2.24) is 0 Å². The zero-order valence-corrected chi connectivity index (χ0v) is 19.8. The molecule has 0 aromatic heterocycles. The van der Waals surface area contributed by atoms with E-state index in [0.717, 1.165) is 6.26 Å².